The molecule has 0 amide bonds. The second-order valence-corrected chi connectivity index (χ2v) is 2.04. The molecule has 1 aromatic carbocycles. The van der Waals surface area contributed by atoms with Gasteiger partial charge in [-0.2, -0.15) is 0 Å². The van der Waals surface area contributed by atoms with Crippen molar-refractivity contribution < 1.29 is 14.3 Å². The average molecular weight is 186 g/mol. The van der Waals surface area contributed by atoms with Crippen LogP contribution >= 0.6 is 0 Å². The molecule has 0 saturated carbocycles. The van der Waals surface area contributed by atoms with Crippen molar-refractivity contribution in [2.75, 3.05) is 12.8 Å². The molecule has 0 aliphatic heterocycles. The number of hydrogen-bond donors (Lipinski definition) is 3. The average Bonchev–Trinajstić information content (AvgIpc) is 2.07. The van der Waals surface area contributed by atoms with Gasteiger partial charge in [0, 0.05) is 5.69 Å². The molecule has 0 radical (unpaired) electrons. The lowest BCUT2D eigenvalue weighted by molar-refractivity contribution is 0.0692. The van der Waals surface area contributed by atoms with E-state index in [2.05, 4.69) is 5.73 Å². The molecule has 0 unspecified atom stereocenters. The Morgan fingerprint density at radius 2 is 2.00 bits per heavy atom. The third-order valence-electron chi connectivity index (χ3n) is 1.22. The van der Waals surface area contributed by atoms with Gasteiger partial charge in [-0.3, -0.25) is 0 Å². The normalized spacial score (nSPS) is 8.54. The van der Waals surface area contributed by atoms with E-state index in [-0.39, 0.29) is 11.3 Å². The van der Waals surface area contributed by atoms with Gasteiger partial charge in [0.1, 0.15) is 5.82 Å². The highest BCUT2D eigenvalue weighted by molar-refractivity contribution is 5.88. The second-order valence-electron chi connectivity index (χ2n) is 2.04. The van der Waals surface area contributed by atoms with Crippen LogP contribution in [0.5, 0.6) is 0 Å². The summed E-state index contributed by atoms with van der Waals surface area (Å²) in [5, 5.41) is 8.38. The van der Waals surface area contributed by atoms with Crippen LogP contribution in [0.3, 0.4) is 0 Å². The first-order chi connectivity index (χ1) is 6.11. The van der Waals surface area contributed by atoms with Gasteiger partial charge in [-0.15, -0.1) is 0 Å². The maximum absolute atomic E-state index is 12.6. The Labute approximate surface area is 75.0 Å². The summed E-state index contributed by atoms with van der Waals surface area (Å²) in [6.45, 7) is 0. The summed E-state index contributed by atoms with van der Waals surface area (Å²) in [5.41, 5.74) is 9.55. The third-order valence-corrected chi connectivity index (χ3v) is 1.22. The van der Waals surface area contributed by atoms with Crippen LogP contribution in [-0.4, -0.2) is 18.1 Å². The van der Waals surface area contributed by atoms with E-state index in [1.54, 1.807) is 0 Å². The summed E-state index contributed by atoms with van der Waals surface area (Å²) >= 11 is 0. The number of benzene rings is 1. The van der Waals surface area contributed by atoms with Gasteiger partial charge in [0.25, 0.3) is 0 Å². The zero-order chi connectivity index (χ0) is 10.4. The summed E-state index contributed by atoms with van der Waals surface area (Å²) in [5.74, 6) is -2.10. The molecule has 0 spiro atoms. The summed E-state index contributed by atoms with van der Waals surface area (Å²) in [6.07, 6.45) is 0. The fraction of sp³-hybridized carbons (Fsp3) is 0.125. The van der Waals surface area contributed by atoms with Crippen molar-refractivity contribution in [3.63, 3.8) is 0 Å². The minimum absolute atomic E-state index is 0.215. The quantitative estimate of drug-likeness (QED) is 0.562. The highest BCUT2D eigenvalue weighted by Crippen LogP contribution is 2.10. The van der Waals surface area contributed by atoms with E-state index < -0.39 is 11.8 Å². The van der Waals surface area contributed by atoms with Crippen molar-refractivity contribution in [2.45, 2.75) is 0 Å². The van der Waals surface area contributed by atoms with E-state index in [0.717, 1.165) is 12.1 Å². The van der Waals surface area contributed by atoms with Crippen molar-refractivity contribution >= 4 is 11.7 Å². The van der Waals surface area contributed by atoms with E-state index >= 15 is 0 Å². The maximum atomic E-state index is 12.6. The van der Waals surface area contributed by atoms with Crippen LogP contribution in [0.15, 0.2) is 18.2 Å². The highest BCUT2D eigenvalue weighted by atomic mass is 19.1. The zero-order valence-electron chi connectivity index (χ0n) is 7.12. The Kier molecular flexibility index (Phi) is 4.47. The number of carbonyl (C=O) groups is 1. The topological polar surface area (TPSA) is 89.3 Å². The Balaban J connectivity index is 0.000000671. The fourth-order valence-corrected chi connectivity index (χ4v) is 0.705. The molecule has 4 nitrogen and oxygen atoms in total. The van der Waals surface area contributed by atoms with Gasteiger partial charge in [-0.05, 0) is 25.2 Å². The van der Waals surface area contributed by atoms with Crippen LogP contribution in [-0.2, 0) is 0 Å². The first-order valence-electron chi connectivity index (χ1n) is 3.47. The molecule has 13 heavy (non-hydrogen) atoms. The van der Waals surface area contributed by atoms with Gasteiger partial charge in [0.05, 0.1) is 5.56 Å². The molecule has 0 heterocycles. The fourth-order valence-electron chi connectivity index (χ4n) is 0.705. The molecule has 1 rings (SSSR count). The van der Waals surface area contributed by atoms with E-state index in [0.29, 0.717) is 0 Å². The molecule has 5 heteroatoms. The molecule has 1 aromatic rings. The number of carboxylic acid groups (broad SMARTS) is 1. The predicted molar refractivity (Wildman–Crippen MR) is 47.9 cm³/mol. The smallest absolute Gasteiger partial charge is 0.338 e. The second kappa shape index (κ2) is 5.10. The number of carboxylic acids is 1. The first-order valence-corrected chi connectivity index (χ1v) is 3.47. The lowest BCUT2D eigenvalue weighted by atomic mass is 10.2. The maximum Gasteiger partial charge on any atom is 0.338 e. The number of anilines is 1. The van der Waals surface area contributed by atoms with E-state index in [1.807, 2.05) is 0 Å². The number of halogens is 1. The Bertz CT molecular complexity index is 302. The van der Waals surface area contributed by atoms with E-state index in [9.17, 15) is 9.18 Å². The van der Waals surface area contributed by atoms with Crippen molar-refractivity contribution in [1.82, 2.24) is 0 Å². The monoisotopic (exact) mass is 186 g/mol. The third kappa shape index (κ3) is 3.08. The largest absolute Gasteiger partial charge is 0.478 e. The van der Waals surface area contributed by atoms with Gasteiger partial charge in [0.15, 0.2) is 0 Å². The summed E-state index contributed by atoms with van der Waals surface area (Å²) in [4.78, 5) is 10.3. The summed E-state index contributed by atoms with van der Waals surface area (Å²) in [6, 6.07) is 3.45. The SMILES string of the molecule is CN.Nc1ccc(C(=O)O)c(F)c1. The van der Waals surface area contributed by atoms with Gasteiger partial charge >= 0.3 is 5.97 Å². The van der Waals surface area contributed by atoms with Crippen molar-refractivity contribution in [2.24, 2.45) is 5.73 Å². The molecule has 0 aliphatic carbocycles. The van der Waals surface area contributed by atoms with Crippen LogP contribution in [0.4, 0.5) is 10.1 Å². The Morgan fingerprint density at radius 1 is 1.46 bits per heavy atom. The van der Waals surface area contributed by atoms with Crippen molar-refractivity contribution in [3.05, 3.63) is 29.6 Å². The molecule has 0 aromatic heterocycles. The minimum atomic E-state index is -1.29. The lowest BCUT2D eigenvalue weighted by Crippen LogP contribution is -2.00. The Morgan fingerprint density at radius 3 is 2.38 bits per heavy atom. The molecule has 0 atom stereocenters. The minimum Gasteiger partial charge on any atom is -0.478 e. The number of aromatic carboxylic acids is 1. The first kappa shape index (κ1) is 11.4. The molecule has 72 valence electrons. The standard InChI is InChI=1S/C7H6FNO2.CH5N/c8-6-3-4(9)1-2-5(6)7(10)11;1-2/h1-3H,9H2,(H,10,11);2H2,1H3. The van der Waals surface area contributed by atoms with Gasteiger partial charge < -0.3 is 16.6 Å². The predicted octanol–water partition coefficient (Wildman–Crippen LogP) is 0.681. The summed E-state index contributed by atoms with van der Waals surface area (Å²) < 4.78 is 12.6. The van der Waals surface area contributed by atoms with Crippen LogP contribution in [0.25, 0.3) is 0 Å². The molecular weight excluding hydrogens is 175 g/mol. The van der Waals surface area contributed by atoms with E-state index in [4.69, 9.17) is 10.8 Å². The number of nitrogens with two attached hydrogens (primary N) is 2. The zero-order valence-corrected chi connectivity index (χ0v) is 7.12. The van der Waals surface area contributed by atoms with Gasteiger partial charge in [-0.25, -0.2) is 9.18 Å². The highest BCUT2D eigenvalue weighted by Gasteiger charge is 2.08. The van der Waals surface area contributed by atoms with Crippen LogP contribution in [0, 0.1) is 5.82 Å². The molecule has 0 fully saturated rings. The van der Waals surface area contributed by atoms with Crippen molar-refractivity contribution in [1.29, 1.82) is 0 Å². The number of hydrogen-bond acceptors (Lipinski definition) is 3. The van der Waals surface area contributed by atoms with E-state index in [1.165, 1.54) is 13.1 Å². The van der Waals surface area contributed by atoms with Crippen molar-refractivity contribution in [3.8, 4) is 0 Å². The molecule has 0 bridgehead atoms. The number of nitrogen functional groups attached to an aromatic ring is 1. The number of rotatable bonds is 1. The Hall–Kier alpha value is -1.62. The summed E-state index contributed by atoms with van der Waals surface area (Å²) in [7, 11) is 1.50. The van der Waals surface area contributed by atoms with Crippen LogP contribution in [0.2, 0.25) is 0 Å². The molecule has 0 saturated heterocycles. The van der Waals surface area contributed by atoms with Crippen LogP contribution < -0.4 is 11.5 Å². The molecule has 0 aliphatic rings. The van der Waals surface area contributed by atoms with Gasteiger partial charge in [-0.1, -0.05) is 0 Å². The molecular formula is C8H11FN2O2. The lowest BCUT2D eigenvalue weighted by Gasteiger charge is -1.96. The molecule has 5 N–H and O–H groups in total. The van der Waals surface area contributed by atoms with Crippen LogP contribution in [0.1, 0.15) is 10.4 Å². The van der Waals surface area contributed by atoms with Gasteiger partial charge in [0.2, 0.25) is 0 Å².